The first kappa shape index (κ1) is 30.5. The van der Waals surface area contributed by atoms with Crippen molar-refractivity contribution in [3.8, 4) is 11.4 Å². The zero-order chi connectivity index (χ0) is 29.8. The van der Waals surface area contributed by atoms with E-state index in [0.717, 1.165) is 12.1 Å². The summed E-state index contributed by atoms with van der Waals surface area (Å²) in [5, 5.41) is 28.7. The number of alkyl halides is 6. The summed E-state index contributed by atoms with van der Waals surface area (Å²) in [6.45, 7) is -2.88. The lowest BCUT2D eigenvalue weighted by Gasteiger charge is -2.24. The van der Waals surface area contributed by atoms with Crippen LogP contribution in [0.3, 0.4) is 0 Å². The van der Waals surface area contributed by atoms with Gasteiger partial charge >= 0.3 is 18.0 Å². The van der Waals surface area contributed by atoms with Crippen LogP contribution in [-0.4, -0.2) is 50.3 Å². The second kappa shape index (κ2) is 12.0. The third kappa shape index (κ3) is 7.53. The number of nitrogens with one attached hydrogen (secondary N) is 2. The molecule has 1 unspecified atom stereocenters. The normalized spacial score (nSPS) is 13.5. The van der Waals surface area contributed by atoms with Crippen LogP contribution in [0.25, 0.3) is 11.4 Å². The molecule has 40 heavy (non-hydrogen) atoms. The van der Waals surface area contributed by atoms with E-state index in [0.29, 0.717) is 15.3 Å². The minimum absolute atomic E-state index is 0.122. The molecule has 3 aromatic rings. The van der Waals surface area contributed by atoms with Crippen LogP contribution in [0.1, 0.15) is 17.2 Å². The lowest BCUT2D eigenvalue weighted by Crippen LogP contribution is -2.45. The lowest BCUT2D eigenvalue weighted by atomic mass is 9.99. The minimum Gasteiger partial charge on any atom is -0.530 e. The van der Waals surface area contributed by atoms with Gasteiger partial charge in [0.1, 0.15) is 12.6 Å². The van der Waals surface area contributed by atoms with Gasteiger partial charge < -0.3 is 25.6 Å². The second-order valence-electron chi connectivity index (χ2n) is 8.31. The number of hydrogen-bond donors (Lipinski definition) is 3. The Labute approximate surface area is 225 Å². The third-order valence-electron chi connectivity index (χ3n) is 5.49. The van der Waals surface area contributed by atoms with Crippen molar-refractivity contribution in [2.24, 2.45) is 0 Å². The number of aliphatic hydroxyl groups excluding tert-OH is 1. The Balaban J connectivity index is 1.87. The van der Waals surface area contributed by atoms with E-state index in [1.54, 1.807) is 5.32 Å². The van der Waals surface area contributed by atoms with Crippen LogP contribution in [0.4, 0.5) is 31.1 Å². The van der Waals surface area contributed by atoms with Gasteiger partial charge in [-0.05, 0) is 35.9 Å². The fourth-order valence-electron chi connectivity index (χ4n) is 3.65. The number of hydrogen-bond acceptors (Lipinski definition) is 6. The predicted octanol–water partition coefficient (Wildman–Crippen LogP) is 2.10. The Morgan fingerprint density at radius 1 is 1.05 bits per heavy atom. The summed E-state index contributed by atoms with van der Waals surface area (Å²) in [6.07, 6.45) is -14.8. The van der Waals surface area contributed by atoms with Crippen molar-refractivity contribution in [1.29, 1.82) is 0 Å². The van der Waals surface area contributed by atoms with E-state index in [4.69, 9.17) is 11.6 Å². The maximum Gasteiger partial charge on any atom is 0.416 e. The van der Waals surface area contributed by atoms with Crippen molar-refractivity contribution >= 4 is 23.6 Å². The number of carbonyl (C=O) groups excluding carboxylic acids is 2. The van der Waals surface area contributed by atoms with Gasteiger partial charge in [-0.25, -0.2) is 9.48 Å². The van der Waals surface area contributed by atoms with Crippen molar-refractivity contribution in [1.82, 2.24) is 25.0 Å². The van der Waals surface area contributed by atoms with E-state index in [1.807, 2.05) is 0 Å². The van der Waals surface area contributed by atoms with Crippen LogP contribution in [0.2, 0.25) is 5.02 Å². The molecule has 2 atom stereocenters. The topological polar surface area (TPSA) is 141 Å². The SMILES string of the molecule is O=C([O-])NC(CNC(=O)Cn1nc(-c2ccc(Cl)cc2)n(C[C@H](O)C(F)(F)F)c1=O)c1ccccc1C(F)(F)F. The third-order valence-corrected chi connectivity index (χ3v) is 5.74. The number of benzene rings is 2. The van der Waals surface area contributed by atoms with Crippen molar-refractivity contribution in [2.75, 3.05) is 6.54 Å². The largest absolute Gasteiger partial charge is 0.530 e. The van der Waals surface area contributed by atoms with Gasteiger partial charge in [0.2, 0.25) is 5.91 Å². The molecular weight excluding hydrogens is 576 g/mol. The van der Waals surface area contributed by atoms with E-state index in [9.17, 15) is 50.9 Å². The van der Waals surface area contributed by atoms with E-state index in [2.05, 4.69) is 10.4 Å². The van der Waals surface area contributed by atoms with E-state index in [-0.39, 0.29) is 16.4 Å². The fourth-order valence-corrected chi connectivity index (χ4v) is 3.77. The maximum atomic E-state index is 13.4. The molecule has 0 radical (unpaired) electrons. The first-order valence-corrected chi connectivity index (χ1v) is 11.5. The minimum atomic E-state index is -5.08. The van der Waals surface area contributed by atoms with Crippen LogP contribution in [-0.2, 0) is 24.1 Å². The molecule has 0 bridgehead atoms. The van der Waals surface area contributed by atoms with Crippen molar-refractivity contribution in [3.63, 3.8) is 0 Å². The van der Waals surface area contributed by atoms with Gasteiger partial charge in [-0.15, -0.1) is 5.10 Å². The summed E-state index contributed by atoms with van der Waals surface area (Å²) >= 11 is 5.82. The van der Waals surface area contributed by atoms with Gasteiger partial charge in [-0.1, -0.05) is 29.8 Å². The van der Waals surface area contributed by atoms with Gasteiger partial charge in [0.25, 0.3) is 0 Å². The Hall–Kier alpha value is -4.05. The fraction of sp³-hybridized carbons (Fsp3) is 0.304. The molecule has 0 aliphatic rings. The molecule has 0 aliphatic carbocycles. The molecule has 3 N–H and O–H groups in total. The highest BCUT2D eigenvalue weighted by Crippen LogP contribution is 2.34. The molecule has 2 amide bonds. The number of rotatable bonds is 9. The number of carboxylic acid groups (broad SMARTS) is 1. The Bertz CT molecular complexity index is 1420. The number of amides is 2. The second-order valence-corrected chi connectivity index (χ2v) is 8.75. The number of aromatic nitrogens is 3. The van der Waals surface area contributed by atoms with Crippen LogP contribution < -0.4 is 21.4 Å². The summed E-state index contributed by atoms with van der Waals surface area (Å²) in [7, 11) is 0. The molecule has 3 rings (SSSR count). The Morgan fingerprint density at radius 2 is 1.68 bits per heavy atom. The summed E-state index contributed by atoms with van der Waals surface area (Å²) in [6, 6.07) is 7.77. The Kier molecular flexibility index (Phi) is 9.14. The van der Waals surface area contributed by atoms with E-state index in [1.165, 1.54) is 30.3 Å². The standard InChI is InChI=1S/C23H20ClF6N5O5/c24-13-7-5-12(6-8-13)19-33-35(21(40)34(19)10-17(36)23(28,29)30)11-18(37)31-9-16(32-20(38)39)14-3-1-2-4-15(14)22(25,26)27/h1-8,16-17,32,36H,9-11H2,(H,31,37)(H,38,39)/p-1/t16?,17-/m0/s1. The van der Waals surface area contributed by atoms with Crippen LogP contribution in [0.15, 0.2) is 53.3 Å². The van der Waals surface area contributed by atoms with E-state index < -0.39 is 72.9 Å². The first-order chi connectivity index (χ1) is 18.6. The molecule has 0 spiro atoms. The van der Waals surface area contributed by atoms with Crippen LogP contribution in [0, 0.1) is 0 Å². The lowest BCUT2D eigenvalue weighted by molar-refractivity contribution is -0.251. The maximum absolute atomic E-state index is 13.4. The van der Waals surface area contributed by atoms with Crippen molar-refractivity contribution in [2.45, 2.75) is 37.6 Å². The van der Waals surface area contributed by atoms with Gasteiger partial charge in [-0.3, -0.25) is 9.36 Å². The monoisotopic (exact) mass is 594 g/mol. The highest BCUT2D eigenvalue weighted by molar-refractivity contribution is 6.30. The van der Waals surface area contributed by atoms with Gasteiger partial charge in [-0.2, -0.15) is 26.3 Å². The van der Waals surface area contributed by atoms with Gasteiger partial charge in [0, 0.05) is 17.1 Å². The number of carbonyl (C=O) groups is 2. The number of aliphatic hydroxyl groups is 1. The van der Waals surface area contributed by atoms with E-state index >= 15 is 0 Å². The average Bonchev–Trinajstić information content (AvgIpc) is 3.15. The molecule has 0 saturated carbocycles. The van der Waals surface area contributed by atoms with Crippen molar-refractivity contribution < 1.29 is 46.1 Å². The molecule has 216 valence electrons. The molecule has 2 aromatic carbocycles. The van der Waals surface area contributed by atoms with Gasteiger partial charge in [0.05, 0.1) is 18.2 Å². The number of halogens is 7. The molecule has 17 heteroatoms. The molecule has 0 saturated heterocycles. The summed E-state index contributed by atoms with van der Waals surface area (Å²) in [5.41, 5.74) is -2.78. The molecule has 0 fully saturated rings. The van der Waals surface area contributed by atoms with Crippen LogP contribution >= 0.6 is 11.6 Å². The quantitative estimate of drug-likeness (QED) is 0.324. The first-order valence-electron chi connectivity index (χ1n) is 11.2. The smallest absolute Gasteiger partial charge is 0.416 e. The average molecular weight is 595 g/mol. The zero-order valence-electron chi connectivity index (χ0n) is 20.0. The zero-order valence-corrected chi connectivity index (χ0v) is 20.7. The predicted molar refractivity (Wildman–Crippen MR) is 125 cm³/mol. The summed E-state index contributed by atoms with van der Waals surface area (Å²) in [5.74, 6) is -1.38. The molecular formula is C23H19ClF6N5O5-. The number of nitrogens with zero attached hydrogens (tertiary/aromatic N) is 3. The molecule has 1 aromatic heterocycles. The molecule has 10 nitrogen and oxygen atoms in total. The summed E-state index contributed by atoms with van der Waals surface area (Å²) in [4.78, 5) is 36.5. The molecule has 1 heterocycles. The summed E-state index contributed by atoms with van der Waals surface area (Å²) < 4.78 is 80.2. The molecule has 0 aliphatic heterocycles. The van der Waals surface area contributed by atoms with Crippen LogP contribution in [0.5, 0.6) is 0 Å². The highest BCUT2D eigenvalue weighted by Gasteiger charge is 2.39. The Morgan fingerprint density at radius 3 is 2.25 bits per heavy atom. The van der Waals surface area contributed by atoms with Crippen molar-refractivity contribution in [3.05, 3.63) is 75.2 Å². The highest BCUT2D eigenvalue weighted by atomic mass is 35.5. The van der Waals surface area contributed by atoms with Gasteiger partial charge in [0.15, 0.2) is 11.9 Å².